The van der Waals surface area contributed by atoms with Crippen molar-refractivity contribution in [2.75, 3.05) is 18.4 Å². The van der Waals surface area contributed by atoms with Crippen LogP contribution in [0.25, 0.3) is 0 Å². The zero-order valence-corrected chi connectivity index (χ0v) is 15.4. The Morgan fingerprint density at radius 3 is 2.44 bits per heavy atom. The lowest BCUT2D eigenvalue weighted by atomic mass is 10.0. The van der Waals surface area contributed by atoms with Crippen molar-refractivity contribution in [1.29, 1.82) is 0 Å². The molecule has 0 spiro atoms. The average Bonchev–Trinajstić information content (AvgIpc) is 2.55. The van der Waals surface area contributed by atoms with Crippen LogP contribution in [0.4, 0.5) is 5.69 Å². The number of carbonyl (C=O) groups is 3. The van der Waals surface area contributed by atoms with Crippen LogP contribution in [-0.4, -0.2) is 41.8 Å². The molecule has 2 N–H and O–H groups in total. The number of rotatable bonds is 5. The molecule has 0 radical (unpaired) electrons. The molecule has 1 aliphatic rings. The summed E-state index contributed by atoms with van der Waals surface area (Å²) in [6, 6.07) is 3.61. The highest BCUT2D eigenvalue weighted by molar-refractivity contribution is 5.95. The van der Waals surface area contributed by atoms with Gasteiger partial charge in [0.25, 0.3) is 0 Å². The molecule has 1 fully saturated rings. The molecule has 0 aromatic heterocycles. The third-order valence-corrected chi connectivity index (χ3v) is 4.55. The second kappa shape index (κ2) is 8.14. The second-order valence-corrected chi connectivity index (χ2v) is 6.62. The summed E-state index contributed by atoms with van der Waals surface area (Å²) in [5.41, 5.74) is 3.98. The van der Waals surface area contributed by atoms with Crippen LogP contribution in [0.15, 0.2) is 12.1 Å². The molecular formula is C19H27N3O3. The minimum Gasteiger partial charge on any atom is -0.353 e. The maximum Gasteiger partial charge on any atom is 0.242 e. The van der Waals surface area contributed by atoms with Crippen molar-refractivity contribution in [1.82, 2.24) is 10.2 Å². The maximum atomic E-state index is 12.4. The van der Waals surface area contributed by atoms with E-state index in [2.05, 4.69) is 10.6 Å². The Hall–Kier alpha value is -2.37. The molecule has 136 valence electrons. The molecule has 1 saturated heterocycles. The Balaban J connectivity index is 1.93. The van der Waals surface area contributed by atoms with E-state index in [1.54, 1.807) is 4.90 Å². The minimum atomic E-state index is -0.425. The van der Waals surface area contributed by atoms with Gasteiger partial charge in [-0.05, 0) is 38.3 Å². The third-order valence-electron chi connectivity index (χ3n) is 4.55. The van der Waals surface area contributed by atoms with Gasteiger partial charge in [0.05, 0.1) is 0 Å². The van der Waals surface area contributed by atoms with Gasteiger partial charge in [-0.25, -0.2) is 0 Å². The molecule has 3 amide bonds. The van der Waals surface area contributed by atoms with E-state index in [9.17, 15) is 14.4 Å². The van der Waals surface area contributed by atoms with E-state index in [1.165, 1.54) is 0 Å². The lowest BCUT2D eigenvalue weighted by Crippen LogP contribution is -2.56. The van der Waals surface area contributed by atoms with Crippen molar-refractivity contribution in [3.63, 3.8) is 0 Å². The van der Waals surface area contributed by atoms with Crippen LogP contribution >= 0.6 is 0 Å². The largest absolute Gasteiger partial charge is 0.353 e. The number of amides is 3. The molecule has 0 bridgehead atoms. The van der Waals surface area contributed by atoms with E-state index < -0.39 is 6.04 Å². The first-order valence-electron chi connectivity index (χ1n) is 8.78. The smallest absolute Gasteiger partial charge is 0.242 e. The van der Waals surface area contributed by atoms with Gasteiger partial charge in [0, 0.05) is 31.6 Å². The van der Waals surface area contributed by atoms with Gasteiger partial charge < -0.3 is 15.5 Å². The van der Waals surface area contributed by atoms with Gasteiger partial charge in [0.1, 0.15) is 6.04 Å². The highest BCUT2D eigenvalue weighted by atomic mass is 16.2. The maximum absolute atomic E-state index is 12.4. The summed E-state index contributed by atoms with van der Waals surface area (Å²) in [7, 11) is 0. The van der Waals surface area contributed by atoms with Crippen LogP contribution in [0.5, 0.6) is 0 Å². The fourth-order valence-electron chi connectivity index (χ4n) is 3.36. The Kier molecular flexibility index (Phi) is 6.17. The molecule has 1 aromatic carbocycles. The Morgan fingerprint density at radius 2 is 1.84 bits per heavy atom. The third kappa shape index (κ3) is 4.59. The number of benzene rings is 1. The average molecular weight is 345 g/mol. The molecule has 1 heterocycles. The van der Waals surface area contributed by atoms with E-state index in [4.69, 9.17) is 0 Å². The number of nitrogens with one attached hydrogen (secondary N) is 2. The SMILES string of the molecule is CCC1C(=O)NCCN1C(=O)CCC(=O)Nc1c(C)cc(C)cc1C. The zero-order valence-electron chi connectivity index (χ0n) is 15.4. The molecule has 1 atom stereocenters. The van der Waals surface area contributed by atoms with Crippen LogP contribution in [0, 0.1) is 20.8 Å². The molecule has 2 rings (SSSR count). The predicted molar refractivity (Wildman–Crippen MR) is 97.3 cm³/mol. The number of nitrogens with zero attached hydrogens (tertiary/aromatic N) is 1. The number of hydrogen-bond donors (Lipinski definition) is 2. The molecule has 6 nitrogen and oxygen atoms in total. The molecular weight excluding hydrogens is 318 g/mol. The summed E-state index contributed by atoms with van der Waals surface area (Å²) in [5.74, 6) is -0.440. The van der Waals surface area contributed by atoms with E-state index in [1.807, 2.05) is 39.8 Å². The summed E-state index contributed by atoms with van der Waals surface area (Å²) >= 11 is 0. The van der Waals surface area contributed by atoms with Crippen molar-refractivity contribution in [2.24, 2.45) is 0 Å². The Labute approximate surface area is 149 Å². The number of piperazine rings is 1. The fourth-order valence-corrected chi connectivity index (χ4v) is 3.36. The lowest BCUT2D eigenvalue weighted by molar-refractivity contribution is -0.143. The van der Waals surface area contributed by atoms with Gasteiger partial charge in [-0.2, -0.15) is 0 Å². The molecule has 1 aromatic rings. The number of hydrogen-bond acceptors (Lipinski definition) is 3. The van der Waals surface area contributed by atoms with Crippen LogP contribution in [-0.2, 0) is 14.4 Å². The summed E-state index contributed by atoms with van der Waals surface area (Å²) in [5, 5.41) is 5.68. The molecule has 0 saturated carbocycles. The van der Waals surface area contributed by atoms with E-state index in [0.717, 1.165) is 22.4 Å². The highest BCUT2D eigenvalue weighted by Gasteiger charge is 2.31. The van der Waals surface area contributed by atoms with Crippen LogP contribution in [0.3, 0.4) is 0 Å². The summed E-state index contributed by atoms with van der Waals surface area (Å²) in [4.78, 5) is 38.1. The van der Waals surface area contributed by atoms with Crippen LogP contribution in [0.1, 0.15) is 42.9 Å². The van der Waals surface area contributed by atoms with Crippen molar-refractivity contribution < 1.29 is 14.4 Å². The topological polar surface area (TPSA) is 78.5 Å². The van der Waals surface area contributed by atoms with E-state index >= 15 is 0 Å². The molecule has 0 aliphatic carbocycles. The van der Waals surface area contributed by atoms with Gasteiger partial charge >= 0.3 is 0 Å². The minimum absolute atomic E-state index is 0.111. The quantitative estimate of drug-likeness (QED) is 0.857. The number of aryl methyl sites for hydroxylation is 3. The van der Waals surface area contributed by atoms with Crippen LogP contribution < -0.4 is 10.6 Å². The Morgan fingerprint density at radius 1 is 1.20 bits per heavy atom. The number of carbonyl (C=O) groups excluding carboxylic acids is 3. The summed E-state index contributed by atoms with van der Waals surface area (Å²) in [6.45, 7) is 8.78. The summed E-state index contributed by atoms with van der Waals surface area (Å²) < 4.78 is 0. The van der Waals surface area contributed by atoms with Gasteiger partial charge in [-0.3, -0.25) is 14.4 Å². The van der Waals surface area contributed by atoms with Gasteiger partial charge in [-0.1, -0.05) is 24.6 Å². The van der Waals surface area contributed by atoms with Gasteiger partial charge in [-0.15, -0.1) is 0 Å². The standard InChI is InChI=1S/C19H27N3O3/c1-5-15-19(25)20-8-9-22(15)17(24)7-6-16(23)21-18-13(3)10-12(2)11-14(18)4/h10-11,15H,5-9H2,1-4H3,(H,20,25)(H,21,23). The monoisotopic (exact) mass is 345 g/mol. The number of anilines is 1. The first-order chi connectivity index (χ1) is 11.8. The molecule has 6 heteroatoms. The normalized spacial score (nSPS) is 17.2. The fraction of sp³-hybridized carbons (Fsp3) is 0.526. The second-order valence-electron chi connectivity index (χ2n) is 6.62. The van der Waals surface area contributed by atoms with E-state index in [-0.39, 0.29) is 30.6 Å². The van der Waals surface area contributed by atoms with Crippen molar-refractivity contribution in [3.8, 4) is 0 Å². The van der Waals surface area contributed by atoms with Gasteiger partial charge in [0.2, 0.25) is 17.7 Å². The first kappa shape index (κ1) is 19.0. The van der Waals surface area contributed by atoms with Gasteiger partial charge in [0.15, 0.2) is 0 Å². The summed E-state index contributed by atoms with van der Waals surface area (Å²) in [6.07, 6.45) is 0.797. The highest BCUT2D eigenvalue weighted by Crippen LogP contribution is 2.22. The first-order valence-corrected chi connectivity index (χ1v) is 8.78. The lowest BCUT2D eigenvalue weighted by Gasteiger charge is -2.34. The zero-order chi connectivity index (χ0) is 18.6. The molecule has 1 aliphatic heterocycles. The van der Waals surface area contributed by atoms with Crippen molar-refractivity contribution in [3.05, 3.63) is 28.8 Å². The van der Waals surface area contributed by atoms with E-state index in [0.29, 0.717) is 19.5 Å². The van der Waals surface area contributed by atoms with Crippen LogP contribution in [0.2, 0.25) is 0 Å². The van der Waals surface area contributed by atoms with Crippen molar-refractivity contribution >= 4 is 23.4 Å². The molecule has 1 unspecified atom stereocenters. The Bertz CT molecular complexity index is 661. The predicted octanol–water partition coefficient (Wildman–Crippen LogP) is 2.07. The molecule has 25 heavy (non-hydrogen) atoms. The van der Waals surface area contributed by atoms with Crippen molar-refractivity contribution in [2.45, 2.75) is 53.0 Å².